The summed E-state index contributed by atoms with van der Waals surface area (Å²) in [5.41, 5.74) is 3.02. The molecule has 3 aromatic rings. The lowest BCUT2D eigenvalue weighted by Crippen LogP contribution is -2.29. The van der Waals surface area contributed by atoms with Crippen molar-refractivity contribution in [1.82, 2.24) is 30.6 Å². The molecule has 0 spiro atoms. The quantitative estimate of drug-likeness (QED) is 0.587. The maximum absolute atomic E-state index is 12.3. The summed E-state index contributed by atoms with van der Waals surface area (Å²) in [6.45, 7) is 2.73. The Morgan fingerprint density at radius 3 is 3.11 bits per heavy atom. The van der Waals surface area contributed by atoms with Crippen LogP contribution in [0, 0.1) is 0 Å². The van der Waals surface area contributed by atoms with Crippen molar-refractivity contribution in [3.8, 4) is 10.6 Å². The van der Waals surface area contributed by atoms with Gasteiger partial charge in [0, 0.05) is 30.8 Å². The largest absolute Gasteiger partial charge is 0.350 e. The Balaban J connectivity index is 0.00000210. The van der Waals surface area contributed by atoms with Crippen LogP contribution in [0.3, 0.4) is 0 Å². The molecule has 144 valence electrons. The number of aromatic amines is 1. The SMILES string of the molecule is Cl.O=C(Cn1ccc(C2CCCNC2)n1)NCc1cn[nH]c1-c1cccs1. The van der Waals surface area contributed by atoms with Crippen molar-refractivity contribution in [3.05, 3.63) is 47.2 Å². The Morgan fingerprint density at radius 1 is 1.41 bits per heavy atom. The fourth-order valence-corrected chi connectivity index (χ4v) is 4.02. The topological polar surface area (TPSA) is 87.6 Å². The van der Waals surface area contributed by atoms with Crippen molar-refractivity contribution in [2.24, 2.45) is 0 Å². The number of carbonyl (C=O) groups is 1. The maximum Gasteiger partial charge on any atom is 0.241 e. The minimum atomic E-state index is -0.0558. The van der Waals surface area contributed by atoms with Gasteiger partial charge in [0.25, 0.3) is 0 Å². The summed E-state index contributed by atoms with van der Waals surface area (Å²) in [6.07, 6.45) is 5.98. The molecule has 0 saturated carbocycles. The van der Waals surface area contributed by atoms with Gasteiger partial charge in [0.05, 0.1) is 22.5 Å². The molecule has 1 aliphatic heterocycles. The molecule has 1 amide bonds. The van der Waals surface area contributed by atoms with E-state index in [9.17, 15) is 4.79 Å². The van der Waals surface area contributed by atoms with E-state index in [0.717, 1.165) is 41.3 Å². The average molecular weight is 407 g/mol. The van der Waals surface area contributed by atoms with Crippen LogP contribution in [0.5, 0.6) is 0 Å². The predicted molar refractivity (Wildman–Crippen MR) is 108 cm³/mol. The van der Waals surface area contributed by atoms with Gasteiger partial charge in [-0.05, 0) is 36.9 Å². The van der Waals surface area contributed by atoms with Crippen molar-refractivity contribution in [2.45, 2.75) is 31.8 Å². The van der Waals surface area contributed by atoms with E-state index >= 15 is 0 Å². The van der Waals surface area contributed by atoms with Crippen LogP contribution in [0.15, 0.2) is 36.0 Å². The molecule has 4 rings (SSSR count). The number of hydrogen-bond acceptors (Lipinski definition) is 5. The standard InChI is InChI=1S/C18H22N6OS.ClH/c25-17(12-24-7-5-15(23-24)13-3-1-6-19-9-13)20-10-14-11-21-22-18(14)16-4-2-8-26-16;/h2,4-5,7-8,11,13,19H,1,3,6,9-10,12H2,(H,20,25)(H,21,22);1H. The predicted octanol–water partition coefficient (Wildman–Crippen LogP) is 2.54. The van der Waals surface area contributed by atoms with Gasteiger partial charge in [-0.25, -0.2) is 0 Å². The fourth-order valence-electron chi connectivity index (χ4n) is 3.26. The molecule has 9 heteroatoms. The minimum Gasteiger partial charge on any atom is -0.350 e. The summed E-state index contributed by atoms with van der Waals surface area (Å²) in [6, 6.07) is 6.06. The molecule has 1 fully saturated rings. The van der Waals surface area contributed by atoms with Crippen molar-refractivity contribution >= 4 is 29.7 Å². The number of rotatable bonds is 6. The van der Waals surface area contributed by atoms with E-state index < -0.39 is 0 Å². The highest BCUT2D eigenvalue weighted by Crippen LogP contribution is 2.25. The normalized spacial score (nSPS) is 16.7. The Bertz CT molecular complexity index is 853. The van der Waals surface area contributed by atoms with Crippen LogP contribution in [-0.2, 0) is 17.9 Å². The zero-order valence-corrected chi connectivity index (χ0v) is 16.5. The number of nitrogens with zero attached hydrogens (tertiary/aromatic N) is 3. The van der Waals surface area contributed by atoms with Gasteiger partial charge in [-0.2, -0.15) is 10.2 Å². The zero-order chi connectivity index (χ0) is 17.8. The lowest BCUT2D eigenvalue weighted by Gasteiger charge is -2.20. The van der Waals surface area contributed by atoms with Gasteiger partial charge in [-0.15, -0.1) is 23.7 Å². The second kappa shape index (κ2) is 9.16. The van der Waals surface area contributed by atoms with Gasteiger partial charge in [0.2, 0.25) is 5.91 Å². The smallest absolute Gasteiger partial charge is 0.241 e. The highest BCUT2D eigenvalue weighted by Gasteiger charge is 2.18. The van der Waals surface area contributed by atoms with E-state index in [1.54, 1.807) is 22.2 Å². The van der Waals surface area contributed by atoms with Gasteiger partial charge < -0.3 is 10.6 Å². The van der Waals surface area contributed by atoms with Crippen molar-refractivity contribution in [1.29, 1.82) is 0 Å². The molecule has 3 N–H and O–H groups in total. The zero-order valence-electron chi connectivity index (χ0n) is 14.9. The molecule has 27 heavy (non-hydrogen) atoms. The molecule has 1 unspecified atom stereocenters. The van der Waals surface area contributed by atoms with E-state index in [1.165, 1.54) is 6.42 Å². The third-order valence-corrected chi connectivity index (χ3v) is 5.53. The molecule has 0 aliphatic carbocycles. The van der Waals surface area contributed by atoms with E-state index in [4.69, 9.17) is 0 Å². The number of thiophene rings is 1. The number of carbonyl (C=O) groups excluding carboxylic acids is 1. The first-order valence-electron chi connectivity index (χ1n) is 8.86. The van der Waals surface area contributed by atoms with Crippen LogP contribution >= 0.6 is 23.7 Å². The van der Waals surface area contributed by atoms with Gasteiger partial charge in [-0.3, -0.25) is 14.6 Å². The first-order chi connectivity index (χ1) is 12.8. The summed E-state index contributed by atoms with van der Waals surface area (Å²) in [5, 5.41) is 20.1. The Labute approximate surface area is 168 Å². The van der Waals surface area contributed by atoms with Crippen molar-refractivity contribution in [3.63, 3.8) is 0 Å². The number of hydrogen-bond donors (Lipinski definition) is 3. The van der Waals surface area contributed by atoms with Crippen molar-refractivity contribution in [2.75, 3.05) is 13.1 Å². The molecular formula is C18H23ClN6OS. The van der Waals surface area contributed by atoms with Crippen LogP contribution < -0.4 is 10.6 Å². The van der Waals surface area contributed by atoms with Crippen LogP contribution in [0.4, 0.5) is 0 Å². The first-order valence-corrected chi connectivity index (χ1v) is 9.74. The third kappa shape index (κ3) is 4.77. The van der Waals surface area contributed by atoms with Crippen LogP contribution in [0.2, 0.25) is 0 Å². The molecule has 0 aromatic carbocycles. The highest BCUT2D eigenvalue weighted by molar-refractivity contribution is 7.13. The lowest BCUT2D eigenvalue weighted by molar-refractivity contribution is -0.122. The molecular weight excluding hydrogens is 384 g/mol. The molecule has 1 aliphatic rings. The average Bonchev–Trinajstić information content (AvgIpc) is 3.41. The number of amides is 1. The second-order valence-electron chi connectivity index (χ2n) is 6.51. The summed E-state index contributed by atoms with van der Waals surface area (Å²) in [4.78, 5) is 13.4. The van der Waals surface area contributed by atoms with Gasteiger partial charge in [-0.1, -0.05) is 6.07 Å². The summed E-state index contributed by atoms with van der Waals surface area (Å²) < 4.78 is 1.72. The minimum absolute atomic E-state index is 0. The first kappa shape index (κ1) is 19.6. The summed E-state index contributed by atoms with van der Waals surface area (Å²) in [5.74, 6) is 0.395. The lowest BCUT2D eigenvalue weighted by atomic mass is 9.97. The third-order valence-electron chi connectivity index (χ3n) is 4.64. The highest BCUT2D eigenvalue weighted by atomic mass is 35.5. The van der Waals surface area contributed by atoms with E-state index in [-0.39, 0.29) is 24.9 Å². The molecule has 3 aromatic heterocycles. The molecule has 0 bridgehead atoms. The Hall–Kier alpha value is -2.16. The van der Waals surface area contributed by atoms with Gasteiger partial charge in [0.1, 0.15) is 6.54 Å². The molecule has 7 nitrogen and oxygen atoms in total. The van der Waals surface area contributed by atoms with Crippen molar-refractivity contribution < 1.29 is 4.79 Å². The number of nitrogens with one attached hydrogen (secondary N) is 3. The number of piperidine rings is 1. The molecule has 4 heterocycles. The van der Waals surface area contributed by atoms with Crippen LogP contribution in [0.25, 0.3) is 10.6 Å². The van der Waals surface area contributed by atoms with Crippen LogP contribution in [-0.4, -0.2) is 39.0 Å². The number of halogens is 1. The molecule has 1 saturated heterocycles. The summed E-state index contributed by atoms with van der Waals surface area (Å²) in [7, 11) is 0. The Morgan fingerprint density at radius 2 is 2.33 bits per heavy atom. The fraction of sp³-hybridized carbons (Fsp3) is 0.389. The molecule has 1 atom stereocenters. The van der Waals surface area contributed by atoms with Gasteiger partial charge in [0.15, 0.2) is 0 Å². The van der Waals surface area contributed by atoms with Crippen LogP contribution in [0.1, 0.15) is 30.0 Å². The number of aromatic nitrogens is 4. The second-order valence-corrected chi connectivity index (χ2v) is 7.45. The van der Waals surface area contributed by atoms with E-state index in [0.29, 0.717) is 12.5 Å². The van der Waals surface area contributed by atoms with Gasteiger partial charge >= 0.3 is 0 Å². The maximum atomic E-state index is 12.3. The summed E-state index contributed by atoms with van der Waals surface area (Å²) >= 11 is 1.64. The van der Waals surface area contributed by atoms with E-state index in [1.807, 2.05) is 29.8 Å². The Kier molecular flexibility index (Phi) is 6.65. The number of H-pyrrole nitrogens is 1. The van der Waals surface area contributed by atoms with E-state index in [2.05, 4.69) is 25.9 Å². The molecule has 0 radical (unpaired) electrons. The monoisotopic (exact) mass is 406 g/mol.